The molecule has 3 atom stereocenters. The van der Waals surface area contributed by atoms with Crippen molar-refractivity contribution >= 4 is 17.8 Å². The fourth-order valence-corrected chi connectivity index (χ4v) is 5.53. The fraction of sp³-hybridized carbons (Fsp3) is 0.594. The van der Waals surface area contributed by atoms with Crippen molar-refractivity contribution in [1.29, 1.82) is 0 Å². The lowest BCUT2D eigenvalue weighted by atomic mass is 9.92. The molecule has 2 aromatic rings. The molecule has 0 spiro atoms. The van der Waals surface area contributed by atoms with Gasteiger partial charge in [-0.3, -0.25) is 9.59 Å². The maximum absolute atomic E-state index is 12.0. The molecule has 1 aromatic heterocycles. The smallest absolute Gasteiger partial charge is 0.302 e. The number of aryl methyl sites for hydroxylation is 1. The Morgan fingerprint density at radius 2 is 1.71 bits per heavy atom. The first-order valence-electron chi connectivity index (χ1n) is 14.9. The highest BCUT2D eigenvalue weighted by atomic mass is 16.6. The van der Waals surface area contributed by atoms with E-state index in [1.54, 1.807) is 18.3 Å². The van der Waals surface area contributed by atoms with Crippen LogP contribution in [-0.2, 0) is 25.5 Å². The summed E-state index contributed by atoms with van der Waals surface area (Å²) >= 11 is 0. The number of benzene rings is 1. The molecular formula is C32H46N2O7. The number of aliphatic hydroxyl groups is 1. The van der Waals surface area contributed by atoms with Gasteiger partial charge >= 0.3 is 11.9 Å². The van der Waals surface area contributed by atoms with Crippen molar-refractivity contribution in [2.45, 2.75) is 110 Å². The van der Waals surface area contributed by atoms with Crippen LogP contribution >= 0.6 is 0 Å². The molecule has 1 aromatic carbocycles. The first-order valence-corrected chi connectivity index (χ1v) is 14.9. The number of nitrogens with zero attached hydrogens (tertiary/aromatic N) is 1. The number of rotatable bonds is 15. The predicted molar refractivity (Wildman–Crippen MR) is 157 cm³/mol. The van der Waals surface area contributed by atoms with E-state index < -0.39 is 24.1 Å². The van der Waals surface area contributed by atoms with E-state index in [1.807, 2.05) is 19.1 Å². The lowest BCUT2D eigenvalue weighted by molar-refractivity contribution is -0.153. The summed E-state index contributed by atoms with van der Waals surface area (Å²) in [5, 5.41) is 20.5. The van der Waals surface area contributed by atoms with Gasteiger partial charge < -0.3 is 30.2 Å². The van der Waals surface area contributed by atoms with Gasteiger partial charge in [0.15, 0.2) is 11.5 Å². The van der Waals surface area contributed by atoms with Crippen LogP contribution in [0.25, 0.3) is 11.1 Å². The van der Waals surface area contributed by atoms with Crippen molar-refractivity contribution in [2.75, 3.05) is 12.3 Å². The standard InChI is InChI=1S/C32H46N2O7/c1-4-23(20-35)10-12-27(39-21(2)36)18-28(40-22(3)37)13-11-24-16-31(41-26-8-6-5-7-9-26)30(38)19-29(24)25-14-15-34-32(33)17-25/h14-17,19,23,26-28,35,38H,4-13,18,20H2,1-3H3,(H2,33,34). The minimum absolute atomic E-state index is 0.0607. The van der Waals surface area contributed by atoms with Gasteiger partial charge in [0.05, 0.1) is 6.10 Å². The minimum Gasteiger partial charge on any atom is -0.504 e. The quantitative estimate of drug-likeness (QED) is 0.229. The van der Waals surface area contributed by atoms with E-state index in [0.717, 1.165) is 48.8 Å². The SMILES string of the molecule is CCC(CO)CCC(CC(CCc1cc(OC2CCCCC2)c(O)cc1-c1ccnc(N)c1)OC(C)=O)OC(C)=O. The zero-order valence-corrected chi connectivity index (χ0v) is 24.6. The van der Waals surface area contributed by atoms with Gasteiger partial charge in [-0.1, -0.05) is 19.8 Å². The molecule has 1 saturated carbocycles. The van der Waals surface area contributed by atoms with Gasteiger partial charge in [0, 0.05) is 33.1 Å². The van der Waals surface area contributed by atoms with E-state index in [2.05, 4.69) is 4.98 Å². The average Bonchev–Trinajstić information content (AvgIpc) is 2.93. The van der Waals surface area contributed by atoms with Gasteiger partial charge in [-0.15, -0.1) is 0 Å². The summed E-state index contributed by atoms with van der Waals surface area (Å²) in [4.78, 5) is 28.0. The number of hydrogen-bond donors (Lipinski definition) is 3. The summed E-state index contributed by atoms with van der Waals surface area (Å²) in [6, 6.07) is 7.16. The summed E-state index contributed by atoms with van der Waals surface area (Å²) in [7, 11) is 0. The number of nitrogens with two attached hydrogens (primary N) is 1. The topological polar surface area (TPSA) is 141 Å². The third-order valence-electron chi connectivity index (χ3n) is 7.78. The number of nitrogen functional groups attached to an aromatic ring is 1. The summed E-state index contributed by atoms with van der Waals surface area (Å²) < 4.78 is 17.5. The second-order valence-corrected chi connectivity index (χ2v) is 11.1. The van der Waals surface area contributed by atoms with Gasteiger partial charge in [-0.05, 0) is 98.2 Å². The van der Waals surface area contributed by atoms with Gasteiger partial charge in [0.25, 0.3) is 0 Å². The van der Waals surface area contributed by atoms with Crippen molar-refractivity contribution in [3.8, 4) is 22.6 Å². The van der Waals surface area contributed by atoms with Crippen LogP contribution in [0.1, 0.15) is 90.5 Å². The van der Waals surface area contributed by atoms with Crippen LogP contribution in [0.5, 0.6) is 11.5 Å². The largest absolute Gasteiger partial charge is 0.504 e. The van der Waals surface area contributed by atoms with Crippen LogP contribution in [0.15, 0.2) is 30.5 Å². The number of esters is 2. The highest BCUT2D eigenvalue weighted by molar-refractivity contribution is 5.72. The monoisotopic (exact) mass is 570 g/mol. The molecule has 0 amide bonds. The number of phenols is 1. The Morgan fingerprint density at radius 3 is 2.32 bits per heavy atom. The van der Waals surface area contributed by atoms with Gasteiger partial charge in [0.1, 0.15) is 18.0 Å². The van der Waals surface area contributed by atoms with Gasteiger partial charge in [0.2, 0.25) is 0 Å². The molecule has 3 rings (SSSR count). The third kappa shape index (κ3) is 10.5. The number of hydrogen-bond acceptors (Lipinski definition) is 9. The average molecular weight is 571 g/mol. The highest BCUT2D eigenvalue weighted by Crippen LogP contribution is 2.38. The molecule has 4 N–H and O–H groups in total. The second-order valence-electron chi connectivity index (χ2n) is 11.1. The molecule has 226 valence electrons. The van der Waals surface area contributed by atoms with Crippen molar-refractivity contribution < 1.29 is 34.0 Å². The molecule has 1 fully saturated rings. The van der Waals surface area contributed by atoms with E-state index in [1.165, 1.54) is 20.3 Å². The van der Waals surface area contributed by atoms with E-state index >= 15 is 0 Å². The van der Waals surface area contributed by atoms with Crippen LogP contribution in [0, 0.1) is 5.92 Å². The van der Waals surface area contributed by atoms with E-state index in [-0.39, 0.29) is 24.4 Å². The number of carbonyl (C=O) groups is 2. The maximum Gasteiger partial charge on any atom is 0.302 e. The Hall–Kier alpha value is -3.33. The first-order chi connectivity index (χ1) is 19.7. The Bertz CT molecular complexity index is 1130. The molecule has 0 saturated heterocycles. The van der Waals surface area contributed by atoms with Gasteiger partial charge in [-0.25, -0.2) is 4.98 Å². The molecule has 9 nitrogen and oxygen atoms in total. The van der Waals surface area contributed by atoms with Crippen LogP contribution in [0.2, 0.25) is 0 Å². The number of ether oxygens (including phenoxy) is 3. The van der Waals surface area contributed by atoms with Crippen LogP contribution < -0.4 is 10.5 Å². The number of phenolic OH excluding ortho intramolecular Hbond substituents is 1. The molecule has 1 aliphatic carbocycles. The Kier molecular flexibility index (Phi) is 12.7. The van der Waals surface area contributed by atoms with Crippen molar-refractivity contribution in [3.05, 3.63) is 36.0 Å². The van der Waals surface area contributed by atoms with Crippen molar-refractivity contribution in [3.63, 3.8) is 0 Å². The van der Waals surface area contributed by atoms with Crippen LogP contribution in [0.3, 0.4) is 0 Å². The summed E-state index contributed by atoms with van der Waals surface area (Å²) in [6.45, 7) is 4.83. The Labute approximate surface area is 243 Å². The summed E-state index contributed by atoms with van der Waals surface area (Å²) in [5.74, 6) is 0.183. The normalized spacial score (nSPS) is 16.0. The minimum atomic E-state index is -0.502. The maximum atomic E-state index is 12.0. The second kappa shape index (κ2) is 16.2. The summed E-state index contributed by atoms with van der Waals surface area (Å²) in [5.41, 5.74) is 8.47. The van der Waals surface area contributed by atoms with Crippen LogP contribution in [-0.4, -0.2) is 52.1 Å². The van der Waals surface area contributed by atoms with Gasteiger partial charge in [-0.2, -0.15) is 0 Å². The molecule has 3 unspecified atom stereocenters. The number of aliphatic hydroxyl groups excluding tert-OH is 1. The Morgan fingerprint density at radius 1 is 1.02 bits per heavy atom. The lowest BCUT2D eigenvalue weighted by Gasteiger charge is -2.26. The summed E-state index contributed by atoms with van der Waals surface area (Å²) in [6.07, 6.45) is 9.49. The zero-order valence-electron chi connectivity index (χ0n) is 24.6. The number of aromatic hydroxyl groups is 1. The number of pyridine rings is 1. The molecule has 0 aliphatic heterocycles. The Balaban J connectivity index is 1.85. The molecule has 1 heterocycles. The lowest BCUT2D eigenvalue weighted by Crippen LogP contribution is -2.27. The van der Waals surface area contributed by atoms with Crippen molar-refractivity contribution in [1.82, 2.24) is 4.98 Å². The molecule has 0 radical (unpaired) electrons. The predicted octanol–water partition coefficient (Wildman–Crippen LogP) is 5.73. The van der Waals surface area contributed by atoms with E-state index in [4.69, 9.17) is 19.9 Å². The van der Waals surface area contributed by atoms with E-state index in [9.17, 15) is 19.8 Å². The molecule has 1 aliphatic rings. The highest BCUT2D eigenvalue weighted by Gasteiger charge is 2.24. The van der Waals surface area contributed by atoms with E-state index in [0.29, 0.717) is 43.7 Å². The molecule has 0 bridgehead atoms. The molecular weight excluding hydrogens is 524 g/mol. The molecule has 41 heavy (non-hydrogen) atoms. The first kappa shape index (κ1) is 32.2. The van der Waals surface area contributed by atoms with Crippen molar-refractivity contribution in [2.24, 2.45) is 5.92 Å². The van der Waals surface area contributed by atoms with Crippen LogP contribution in [0.4, 0.5) is 5.82 Å². The number of anilines is 1. The number of aromatic nitrogens is 1. The fourth-order valence-electron chi connectivity index (χ4n) is 5.53. The number of carbonyl (C=O) groups excluding carboxylic acids is 2. The molecule has 9 heteroatoms. The zero-order chi connectivity index (χ0) is 29.8. The third-order valence-corrected chi connectivity index (χ3v) is 7.78.